The van der Waals surface area contributed by atoms with Crippen LogP contribution in [0.4, 0.5) is 0 Å². The third-order valence-corrected chi connectivity index (χ3v) is 4.37. The Balaban J connectivity index is 1.67. The molecule has 1 aromatic rings. The van der Waals surface area contributed by atoms with Gasteiger partial charge in [-0.3, -0.25) is 0 Å². The Hall–Kier alpha value is -1.06. The highest BCUT2D eigenvalue weighted by Crippen LogP contribution is 2.33. The van der Waals surface area contributed by atoms with Gasteiger partial charge in [-0.05, 0) is 54.9 Å². The number of aryl methyl sites for hydroxylation is 1. The van der Waals surface area contributed by atoms with Crippen molar-refractivity contribution in [3.63, 3.8) is 0 Å². The van der Waals surface area contributed by atoms with Crippen molar-refractivity contribution in [3.8, 4) is 5.75 Å². The molecule has 0 radical (unpaired) electrons. The summed E-state index contributed by atoms with van der Waals surface area (Å²) in [5.74, 6) is 1.63. The first kappa shape index (κ1) is 12.9. The smallest absolute Gasteiger partial charge is 0.119 e. The molecule has 2 aliphatic rings. The van der Waals surface area contributed by atoms with Gasteiger partial charge in [-0.25, -0.2) is 0 Å². The number of hydrogen-bond acceptors (Lipinski definition) is 3. The molecule has 3 heteroatoms. The lowest BCUT2D eigenvalue weighted by Gasteiger charge is -2.27. The van der Waals surface area contributed by atoms with Crippen LogP contribution < -0.4 is 10.1 Å². The first-order valence-corrected chi connectivity index (χ1v) is 7.35. The molecule has 1 saturated heterocycles. The molecule has 0 spiro atoms. The first-order chi connectivity index (χ1) is 9.36. The third kappa shape index (κ3) is 2.93. The second kappa shape index (κ2) is 5.93. The Morgan fingerprint density at radius 3 is 3.11 bits per heavy atom. The predicted octanol–water partition coefficient (Wildman–Crippen LogP) is 2.49. The Morgan fingerprint density at radius 2 is 2.32 bits per heavy atom. The first-order valence-electron chi connectivity index (χ1n) is 7.35. The molecule has 1 aromatic carbocycles. The van der Waals surface area contributed by atoms with E-state index in [-0.39, 0.29) is 0 Å². The lowest BCUT2D eigenvalue weighted by molar-refractivity contribution is 0.189. The van der Waals surface area contributed by atoms with E-state index < -0.39 is 0 Å². The molecule has 0 bridgehead atoms. The molecule has 2 unspecified atom stereocenters. The van der Waals surface area contributed by atoms with Crippen LogP contribution in [0.25, 0.3) is 0 Å². The summed E-state index contributed by atoms with van der Waals surface area (Å²) in [6, 6.07) is 7.12. The zero-order valence-corrected chi connectivity index (χ0v) is 11.7. The number of ether oxygens (including phenoxy) is 2. The normalized spacial score (nSPS) is 26.2. The maximum Gasteiger partial charge on any atom is 0.119 e. The largest absolute Gasteiger partial charge is 0.497 e. The molecule has 1 aliphatic carbocycles. The van der Waals surface area contributed by atoms with Crippen molar-refractivity contribution in [1.29, 1.82) is 0 Å². The molecule has 1 fully saturated rings. The van der Waals surface area contributed by atoms with Crippen LogP contribution in [0.3, 0.4) is 0 Å². The number of benzene rings is 1. The minimum atomic E-state index is 0.559. The molecule has 1 heterocycles. The standard InChI is InChI=1S/C16H23NO2/c1-18-15-5-6-16-12(9-15)3-2-4-13(16)10-17-14-7-8-19-11-14/h5-6,9,13-14,17H,2-4,7-8,10-11H2,1H3. The Labute approximate surface area is 115 Å². The van der Waals surface area contributed by atoms with Crippen LogP contribution >= 0.6 is 0 Å². The number of nitrogens with one attached hydrogen (secondary N) is 1. The van der Waals surface area contributed by atoms with Crippen molar-refractivity contribution in [3.05, 3.63) is 29.3 Å². The van der Waals surface area contributed by atoms with Crippen LogP contribution in [0.2, 0.25) is 0 Å². The topological polar surface area (TPSA) is 30.5 Å². The van der Waals surface area contributed by atoms with Crippen molar-refractivity contribution < 1.29 is 9.47 Å². The number of fused-ring (bicyclic) bond motifs is 1. The van der Waals surface area contributed by atoms with Gasteiger partial charge in [0.25, 0.3) is 0 Å². The number of rotatable bonds is 4. The van der Waals surface area contributed by atoms with Crippen LogP contribution in [-0.4, -0.2) is 32.9 Å². The van der Waals surface area contributed by atoms with Gasteiger partial charge in [-0.2, -0.15) is 0 Å². The summed E-state index contributed by atoms with van der Waals surface area (Å²) in [5, 5.41) is 3.66. The second-order valence-electron chi connectivity index (χ2n) is 5.62. The predicted molar refractivity (Wildman–Crippen MR) is 75.9 cm³/mol. The van der Waals surface area contributed by atoms with E-state index >= 15 is 0 Å². The van der Waals surface area contributed by atoms with Gasteiger partial charge in [0.05, 0.1) is 13.7 Å². The van der Waals surface area contributed by atoms with E-state index in [1.54, 1.807) is 7.11 Å². The van der Waals surface area contributed by atoms with Crippen molar-refractivity contribution in [2.24, 2.45) is 0 Å². The van der Waals surface area contributed by atoms with E-state index in [1.807, 2.05) is 0 Å². The van der Waals surface area contributed by atoms with Gasteiger partial charge in [-0.15, -0.1) is 0 Å². The molecule has 19 heavy (non-hydrogen) atoms. The molecular formula is C16H23NO2. The van der Waals surface area contributed by atoms with Gasteiger partial charge in [-0.1, -0.05) is 6.07 Å². The van der Waals surface area contributed by atoms with Crippen LogP contribution in [0.15, 0.2) is 18.2 Å². The third-order valence-electron chi connectivity index (χ3n) is 4.37. The van der Waals surface area contributed by atoms with E-state index in [2.05, 4.69) is 23.5 Å². The fourth-order valence-corrected chi connectivity index (χ4v) is 3.23. The summed E-state index contributed by atoms with van der Waals surface area (Å²) in [5.41, 5.74) is 2.98. The van der Waals surface area contributed by atoms with E-state index in [0.717, 1.165) is 31.9 Å². The van der Waals surface area contributed by atoms with Gasteiger partial charge in [0.2, 0.25) is 0 Å². The minimum Gasteiger partial charge on any atom is -0.497 e. The highest BCUT2D eigenvalue weighted by atomic mass is 16.5. The summed E-state index contributed by atoms with van der Waals surface area (Å²) in [6.45, 7) is 2.87. The molecule has 0 aromatic heterocycles. The number of methoxy groups -OCH3 is 1. The zero-order chi connectivity index (χ0) is 13.1. The van der Waals surface area contributed by atoms with Crippen LogP contribution in [0.1, 0.15) is 36.3 Å². The van der Waals surface area contributed by atoms with Gasteiger partial charge in [0.1, 0.15) is 5.75 Å². The fraction of sp³-hybridized carbons (Fsp3) is 0.625. The molecule has 104 valence electrons. The lowest BCUT2D eigenvalue weighted by Crippen LogP contribution is -2.33. The van der Waals surface area contributed by atoms with Crippen molar-refractivity contribution in [2.45, 2.75) is 37.6 Å². The van der Waals surface area contributed by atoms with E-state index in [1.165, 1.54) is 30.4 Å². The Kier molecular flexibility index (Phi) is 4.04. The molecule has 3 nitrogen and oxygen atoms in total. The summed E-state index contributed by atoms with van der Waals surface area (Å²) in [7, 11) is 1.74. The average molecular weight is 261 g/mol. The van der Waals surface area contributed by atoms with E-state index in [0.29, 0.717) is 12.0 Å². The maximum atomic E-state index is 5.42. The van der Waals surface area contributed by atoms with Gasteiger partial charge in [0.15, 0.2) is 0 Å². The average Bonchev–Trinajstić information content (AvgIpc) is 2.97. The monoisotopic (exact) mass is 261 g/mol. The summed E-state index contributed by atoms with van der Waals surface area (Å²) < 4.78 is 10.7. The molecule has 1 N–H and O–H groups in total. The van der Waals surface area contributed by atoms with Crippen molar-refractivity contribution >= 4 is 0 Å². The Bertz CT molecular complexity index is 427. The quantitative estimate of drug-likeness (QED) is 0.903. The lowest BCUT2D eigenvalue weighted by atomic mass is 9.82. The molecular weight excluding hydrogens is 238 g/mol. The maximum absolute atomic E-state index is 5.42. The SMILES string of the molecule is COc1ccc2c(c1)CCCC2CNC1CCOC1. The Morgan fingerprint density at radius 1 is 1.37 bits per heavy atom. The minimum absolute atomic E-state index is 0.559. The highest BCUT2D eigenvalue weighted by molar-refractivity contribution is 5.39. The summed E-state index contributed by atoms with van der Waals surface area (Å²) >= 11 is 0. The second-order valence-corrected chi connectivity index (χ2v) is 5.62. The van der Waals surface area contributed by atoms with Crippen LogP contribution in [-0.2, 0) is 11.2 Å². The van der Waals surface area contributed by atoms with E-state index in [4.69, 9.17) is 9.47 Å². The number of hydrogen-bond donors (Lipinski definition) is 1. The van der Waals surface area contributed by atoms with Crippen molar-refractivity contribution in [1.82, 2.24) is 5.32 Å². The van der Waals surface area contributed by atoms with Gasteiger partial charge in [0, 0.05) is 19.2 Å². The molecule has 3 rings (SSSR count). The molecule has 0 saturated carbocycles. The zero-order valence-electron chi connectivity index (χ0n) is 11.7. The van der Waals surface area contributed by atoms with Gasteiger partial charge < -0.3 is 14.8 Å². The molecule has 0 amide bonds. The van der Waals surface area contributed by atoms with Crippen LogP contribution in [0.5, 0.6) is 5.75 Å². The van der Waals surface area contributed by atoms with Gasteiger partial charge >= 0.3 is 0 Å². The summed E-state index contributed by atoms with van der Waals surface area (Å²) in [6.07, 6.45) is 4.92. The summed E-state index contributed by atoms with van der Waals surface area (Å²) in [4.78, 5) is 0. The molecule has 2 atom stereocenters. The van der Waals surface area contributed by atoms with E-state index in [9.17, 15) is 0 Å². The van der Waals surface area contributed by atoms with Crippen molar-refractivity contribution in [2.75, 3.05) is 26.9 Å². The highest BCUT2D eigenvalue weighted by Gasteiger charge is 2.22. The molecule has 1 aliphatic heterocycles. The fourth-order valence-electron chi connectivity index (χ4n) is 3.23. The van der Waals surface area contributed by atoms with Crippen LogP contribution in [0, 0.1) is 0 Å².